The Hall–Kier alpha value is -1.60. The van der Waals surface area contributed by atoms with Crippen LogP contribution in [0.25, 0.3) is 0 Å². The molecular formula is C17H26N2O4S. The number of benzene rings is 1. The molecule has 0 atom stereocenters. The highest BCUT2D eigenvalue weighted by molar-refractivity contribution is 7.89. The second-order valence-corrected chi connectivity index (χ2v) is 8.24. The molecule has 1 N–H and O–H groups in total. The van der Waals surface area contributed by atoms with Gasteiger partial charge in [0, 0.05) is 13.1 Å². The summed E-state index contributed by atoms with van der Waals surface area (Å²) in [7, 11) is -0.746. The summed E-state index contributed by atoms with van der Waals surface area (Å²) >= 11 is 0. The van der Waals surface area contributed by atoms with E-state index >= 15 is 0 Å². The van der Waals surface area contributed by atoms with E-state index in [4.69, 9.17) is 4.74 Å². The largest absolute Gasteiger partial charge is 0.497 e. The second-order valence-electron chi connectivity index (χ2n) is 6.19. The molecule has 0 saturated heterocycles. The zero-order valence-corrected chi connectivity index (χ0v) is 15.1. The zero-order valence-electron chi connectivity index (χ0n) is 14.3. The molecule has 0 unspecified atom stereocenters. The van der Waals surface area contributed by atoms with Gasteiger partial charge in [0.25, 0.3) is 0 Å². The van der Waals surface area contributed by atoms with Crippen molar-refractivity contribution in [1.82, 2.24) is 9.62 Å². The van der Waals surface area contributed by atoms with Crippen LogP contribution in [-0.2, 0) is 14.8 Å². The van der Waals surface area contributed by atoms with Gasteiger partial charge in [0.05, 0.1) is 18.6 Å². The first-order chi connectivity index (χ1) is 11.4. The van der Waals surface area contributed by atoms with Crippen molar-refractivity contribution < 1.29 is 17.9 Å². The summed E-state index contributed by atoms with van der Waals surface area (Å²) in [5.74, 6) is 0.337. The molecule has 1 aliphatic rings. The van der Waals surface area contributed by atoms with Crippen LogP contribution < -0.4 is 10.1 Å². The predicted octanol–water partition coefficient (Wildman–Crippen LogP) is 2.15. The summed E-state index contributed by atoms with van der Waals surface area (Å²) in [4.78, 5) is 12.3. The first kappa shape index (κ1) is 18.7. The summed E-state index contributed by atoms with van der Waals surface area (Å²) in [6.45, 7) is -0.176. The number of nitrogens with one attached hydrogen (secondary N) is 1. The quantitative estimate of drug-likeness (QED) is 0.794. The van der Waals surface area contributed by atoms with Crippen molar-refractivity contribution in [3.8, 4) is 5.75 Å². The second kappa shape index (κ2) is 8.48. The summed E-state index contributed by atoms with van der Waals surface area (Å²) in [6.07, 6.45) is 6.59. The molecule has 24 heavy (non-hydrogen) atoms. The minimum absolute atomic E-state index is 0.146. The lowest BCUT2D eigenvalue weighted by atomic mass is 10.1. The lowest BCUT2D eigenvalue weighted by Gasteiger charge is -2.20. The molecule has 1 aromatic rings. The van der Waals surface area contributed by atoms with E-state index in [9.17, 15) is 13.2 Å². The molecule has 7 heteroatoms. The van der Waals surface area contributed by atoms with Gasteiger partial charge in [0.1, 0.15) is 5.75 Å². The Kier molecular flexibility index (Phi) is 6.62. The van der Waals surface area contributed by atoms with E-state index in [1.165, 1.54) is 39.1 Å². The number of rotatable bonds is 6. The van der Waals surface area contributed by atoms with Crippen LogP contribution in [-0.4, -0.2) is 45.4 Å². The third kappa shape index (κ3) is 4.95. The minimum Gasteiger partial charge on any atom is -0.497 e. The fourth-order valence-corrected chi connectivity index (χ4v) is 4.04. The van der Waals surface area contributed by atoms with Crippen LogP contribution in [0.5, 0.6) is 5.75 Å². The topological polar surface area (TPSA) is 75.7 Å². The van der Waals surface area contributed by atoms with Crippen LogP contribution in [0, 0.1) is 0 Å². The highest BCUT2D eigenvalue weighted by atomic mass is 32.2. The van der Waals surface area contributed by atoms with E-state index < -0.39 is 10.0 Å². The van der Waals surface area contributed by atoms with Crippen LogP contribution in [0.2, 0.25) is 0 Å². The van der Waals surface area contributed by atoms with Crippen molar-refractivity contribution in [3.63, 3.8) is 0 Å². The summed E-state index contributed by atoms with van der Waals surface area (Å²) in [6, 6.07) is 6.30. The van der Waals surface area contributed by atoms with E-state index in [1.54, 1.807) is 12.1 Å². The van der Waals surface area contributed by atoms with Gasteiger partial charge in [-0.1, -0.05) is 25.7 Å². The van der Waals surface area contributed by atoms with Crippen molar-refractivity contribution in [2.45, 2.75) is 49.5 Å². The molecule has 1 aliphatic carbocycles. The highest BCUT2D eigenvalue weighted by Crippen LogP contribution is 2.19. The van der Waals surface area contributed by atoms with Gasteiger partial charge in [-0.3, -0.25) is 4.79 Å². The molecule has 0 aromatic heterocycles. The number of ether oxygens (including phenoxy) is 1. The molecule has 0 radical (unpaired) electrons. The van der Waals surface area contributed by atoms with Crippen LogP contribution in [0.3, 0.4) is 0 Å². The Morgan fingerprint density at radius 1 is 1.17 bits per heavy atom. The summed E-state index contributed by atoms with van der Waals surface area (Å²) in [5.41, 5.74) is 0. The molecular weight excluding hydrogens is 328 g/mol. The molecule has 0 aliphatic heterocycles. The molecule has 0 bridgehead atoms. The van der Waals surface area contributed by atoms with Gasteiger partial charge < -0.3 is 10.1 Å². The van der Waals surface area contributed by atoms with Crippen molar-refractivity contribution in [1.29, 1.82) is 0 Å². The maximum atomic E-state index is 12.5. The normalized spacial score (nSPS) is 16.6. The van der Waals surface area contributed by atoms with Gasteiger partial charge in [-0.05, 0) is 37.1 Å². The SMILES string of the molecule is COc1ccc(S(=O)(=O)N(C)CC(=O)NC2CCCCCC2)cc1. The van der Waals surface area contributed by atoms with E-state index in [2.05, 4.69) is 5.32 Å². The van der Waals surface area contributed by atoms with Gasteiger partial charge in [-0.2, -0.15) is 4.31 Å². The lowest BCUT2D eigenvalue weighted by molar-refractivity contribution is -0.121. The van der Waals surface area contributed by atoms with Gasteiger partial charge in [0.2, 0.25) is 15.9 Å². The Bertz CT molecular complexity index is 635. The van der Waals surface area contributed by atoms with Crippen LogP contribution in [0.1, 0.15) is 38.5 Å². The number of amides is 1. The fourth-order valence-electron chi connectivity index (χ4n) is 2.91. The molecule has 1 fully saturated rings. The van der Waals surface area contributed by atoms with Crippen LogP contribution in [0.4, 0.5) is 0 Å². The standard InChI is InChI=1S/C17H26N2O4S/c1-19(13-17(20)18-14-7-5-3-4-6-8-14)24(21,22)16-11-9-15(23-2)10-12-16/h9-12,14H,3-8,13H2,1-2H3,(H,18,20). The molecule has 1 aromatic carbocycles. The van der Waals surface area contributed by atoms with Crippen LogP contribution in [0.15, 0.2) is 29.2 Å². The Balaban J connectivity index is 1.96. The van der Waals surface area contributed by atoms with Crippen molar-refractivity contribution in [3.05, 3.63) is 24.3 Å². The Morgan fingerprint density at radius 3 is 2.29 bits per heavy atom. The minimum atomic E-state index is -3.69. The average Bonchev–Trinajstić information content (AvgIpc) is 2.83. The van der Waals surface area contributed by atoms with Crippen molar-refractivity contribution >= 4 is 15.9 Å². The zero-order chi connectivity index (χ0) is 17.6. The van der Waals surface area contributed by atoms with Gasteiger partial charge in [0.15, 0.2) is 0 Å². The molecule has 134 valence electrons. The predicted molar refractivity (Wildman–Crippen MR) is 92.4 cm³/mol. The number of carbonyl (C=O) groups is 1. The first-order valence-corrected chi connectivity index (χ1v) is 9.77. The lowest BCUT2D eigenvalue weighted by Crippen LogP contribution is -2.42. The number of hydrogen-bond acceptors (Lipinski definition) is 4. The molecule has 6 nitrogen and oxygen atoms in total. The fraction of sp³-hybridized carbons (Fsp3) is 0.588. The summed E-state index contributed by atoms with van der Waals surface area (Å²) in [5, 5.41) is 2.97. The number of nitrogens with zero attached hydrogens (tertiary/aromatic N) is 1. The maximum absolute atomic E-state index is 12.5. The molecule has 0 heterocycles. The third-order valence-electron chi connectivity index (χ3n) is 4.35. The van der Waals surface area contributed by atoms with E-state index in [0.717, 1.165) is 30.0 Å². The van der Waals surface area contributed by atoms with Crippen molar-refractivity contribution in [2.24, 2.45) is 0 Å². The Labute approximate surface area is 144 Å². The average molecular weight is 354 g/mol. The third-order valence-corrected chi connectivity index (χ3v) is 6.17. The first-order valence-electron chi connectivity index (χ1n) is 8.33. The molecule has 1 saturated carbocycles. The molecule has 0 spiro atoms. The molecule has 2 rings (SSSR count). The van der Waals surface area contributed by atoms with Gasteiger partial charge in [-0.25, -0.2) is 8.42 Å². The van der Waals surface area contributed by atoms with E-state index in [1.807, 2.05) is 0 Å². The maximum Gasteiger partial charge on any atom is 0.243 e. The molecule has 1 amide bonds. The monoisotopic (exact) mass is 354 g/mol. The van der Waals surface area contributed by atoms with E-state index in [0.29, 0.717) is 5.75 Å². The van der Waals surface area contributed by atoms with Crippen LogP contribution >= 0.6 is 0 Å². The van der Waals surface area contributed by atoms with E-state index in [-0.39, 0.29) is 23.4 Å². The van der Waals surface area contributed by atoms with Gasteiger partial charge in [-0.15, -0.1) is 0 Å². The number of methoxy groups -OCH3 is 1. The number of carbonyl (C=O) groups excluding carboxylic acids is 1. The number of hydrogen-bond donors (Lipinski definition) is 1. The van der Waals surface area contributed by atoms with Crippen molar-refractivity contribution in [2.75, 3.05) is 20.7 Å². The Morgan fingerprint density at radius 2 is 1.75 bits per heavy atom. The highest BCUT2D eigenvalue weighted by Gasteiger charge is 2.24. The number of sulfonamides is 1. The summed E-state index contributed by atoms with van der Waals surface area (Å²) < 4.78 is 31.2. The smallest absolute Gasteiger partial charge is 0.243 e. The van der Waals surface area contributed by atoms with Gasteiger partial charge >= 0.3 is 0 Å². The number of likely N-dealkylation sites (N-methyl/N-ethyl adjacent to an activating group) is 1.